The maximum Gasteiger partial charge on any atom is 0.326 e. The Morgan fingerprint density at radius 1 is 1.07 bits per heavy atom. The van der Waals surface area contributed by atoms with Gasteiger partial charge in [0, 0.05) is 24.2 Å². The van der Waals surface area contributed by atoms with Gasteiger partial charge in [0.05, 0.1) is 24.8 Å². The standard InChI is InChI=1S/C30H30ClFN4O4/c1-18(2)40-25-16-23(39-3)12-13-24(25)29-34-27(19-6-10-22(32)11-7-19)28(20-4-8-21(31)9-5-20)36(29)30(38)35-15-14-33-26(37)17-35/h4-13,16,18,27-28H,14-15,17H2,1-3H3,(H,33,37)/t27-,28+/m0/s1. The van der Waals surface area contributed by atoms with Gasteiger partial charge in [0.25, 0.3) is 0 Å². The molecule has 5 rings (SSSR count). The zero-order chi connectivity index (χ0) is 28.4. The van der Waals surface area contributed by atoms with E-state index in [1.54, 1.807) is 48.4 Å². The molecule has 2 aliphatic heterocycles. The number of carbonyl (C=O) groups is 2. The fourth-order valence-corrected chi connectivity index (χ4v) is 5.10. The van der Waals surface area contributed by atoms with Crippen molar-refractivity contribution in [1.82, 2.24) is 15.1 Å². The highest BCUT2D eigenvalue weighted by Gasteiger charge is 2.45. The van der Waals surface area contributed by atoms with Crippen molar-refractivity contribution in [3.63, 3.8) is 0 Å². The number of aliphatic imine (C=N–C) groups is 1. The van der Waals surface area contributed by atoms with E-state index in [1.165, 1.54) is 17.0 Å². The van der Waals surface area contributed by atoms with Crippen LogP contribution in [0.25, 0.3) is 0 Å². The van der Waals surface area contributed by atoms with E-state index in [1.807, 2.05) is 32.0 Å². The second-order valence-corrected chi connectivity index (χ2v) is 10.3. The Hall–Kier alpha value is -4.11. The Kier molecular flexibility index (Phi) is 7.93. The minimum absolute atomic E-state index is 0.0743. The third-order valence-corrected chi connectivity index (χ3v) is 7.05. The second-order valence-electron chi connectivity index (χ2n) is 9.90. The monoisotopic (exact) mass is 564 g/mol. The van der Waals surface area contributed by atoms with E-state index in [2.05, 4.69) is 5.32 Å². The van der Waals surface area contributed by atoms with Crippen LogP contribution in [0.1, 0.15) is 42.6 Å². The molecule has 0 radical (unpaired) electrons. The van der Waals surface area contributed by atoms with Gasteiger partial charge in [0.1, 0.15) is 35.7 Å². The van der Waals surface area contributed by atoms with Crippen LogP contribution < -0.4 is 14.8 Å². The Morgan fingerprint density at radius 3 is 2.42 bits per heavy atom. The fraction of sp³-hybridized carbons (Fsp3) is 0.300. The van der Waals surface area contributed by atoms with Gasteiger partial charge in [-0.2, -0.15) is 0 Å². The predicted octanol–water partition coefficient (Wildman–Crippen LogP) is 5.37. The molecule has 208 valence electrons. The minimum Gasteiger partial charge on any atom is -0.497 e. The predicted molar refractivity (Wildman–Crippen MR) is 150 cm³/mol. The maximum absolute atomic E-state index is 14.3. The van der Waals surface area contributed by atoms with Gasteiger partial charge in [-0.05, 0) is 61.4 Å². The Bertz CT molecular complexity index is 1430. The lowest BCUT2D eigenvalue weighted by molar-refractivity contribution is -0.123. The first-order chi connectivity index (χ1) is 19.2. The van der Waals surface area contributed by atoms with Crippen LogP contribution in [0, 0.1) is 5.82 Å². The van der Waals surface area contributed by atoms with Crippen LogP contribution in [-0.2, 0) is 4.79 Å². The molecule has 1 saturated heterocycles. The van der Waals surface area contributed by atoms with E-state index in [9.17, 15) is 14.0 Å². The highest BCUT2D eigenvalue weighted by atomic mass is 35.5. The van der Waals surface area contributed by atoms with Crippen molar-refractivity contribution in [2.24, 2.45) is 4.99 Å². The number of amides is 3. The summed E-state index contributed by atoms with van der Waals surface area (Å²) in [7, 11) is 1.57. The van der Waals surface area contributed by atoms with E-state index >= 15 is 0 Å². The Morgan fingerprint density at radius 2 is 1.77 bits per heavy atom. The van der Waals surface area contributed by atoms with Gasteiger partial charge in [0.2, 0.25) is 5.91 Å². The number of urea groups is 1. The van der Waals surface area contributed by atoms with Gasteiger partial charge in [-0.1, -0.05) is 35.9 Å². The molecular weight excluding hydrogens is 535 g/mol. The molecule has 3 aromatic rings. The third-order valence-electron chi connectivity index (χ3n) is 6.80. The number of carbonyl (C=O) groups excluding carboxylic acids is 2. The number of methoxy groups -OCH3 is 1. The lowest BCUT2D eigenvalue weighted by atomic mass is 9.93. The summed E-state index contributed by atoms with van der Waals surface area (Å²) in [6.45, 7) is 4.44. The van der Waals surface area contributed by atoms with Crippen LogP contribution in [0.3, 0.4) is 0 Å². The van der Waals surface area contributed by atoms with Crippen LogP contribution in [-0.4, -0.2) is 60.4 Å². The fourth-order valence-electron chi connectivity index (χ4n) is 4.97. The molecule has 0 saturated carbocycles. The number of hydrogen-bond donors (Lipinski definition) is 1. The third kappa shape index (κ3) is 5.60. The average Bonchev–Trinajstić information content (AvgIpc) is 3.33. The highest BCUT2D eigenvalue weighted by molar-refractivity contribution is 6.30. The van der Waals surface area contributed by atoms with Crippen LogP contribution in [0.4, 0.5) is 9.18 Å². The molecule has 1 fully saturated rings. The molecular formula is C30H30ClFN4O4. The quantitative estimate of drug-likeness (QED) is 0.436. The van der Waals surface area contributed by atoms with Crippen molar-refractivity contribution in [3.05, 3.63) is 94.3 Å². The Balaban J connectivity index is 1.71. The molecule has 0 spiro atoms. The number of nitrogens with zero attached hydrogens (tertiary/aromatic N) is 3. The largest absolute Gasteiger partial charge is 0.497 e. The molecule has 2 atom stereocenters. The zero-order valence-electron chi connectivity index (χ0n) is 22.4. The van der Waals surface area contributed by atoms with E-state index in [4.69, 9.17) is 26.1 Å². The molecule has 0 aromatic heterocycles. The van der Waals surface area contributed by atoms with Gasteiger partial charge in [-0.3, -0.25) is 14.7 Å². The summed E-state index contributed by atoms with van der Waals surface area (Å²) in [5.41, 5.74) is 2.10. The smallest absolute Gasteiger partial charge is 0.326 e. The molecule has 0 bridgehead atoms. The average molecular weight is 565 g/mol. The SMILES string of the molecule is COc1ccc(C2=N[C@@H](c3ccc(F)cc3)[C@@H](c3ccc(Cl)cc3)N2C(=O)N2CCNC(=O)C2)c(OC(C)C)c1. The molecule has 2 heterocycles. The maximum atomic E-state index is 14.3. The number of piperazine rings is 1. The van der Waals surface area contributed by atoms with E-state index in [0.29, 0.717) is 41.0 Å². The number of ether oxygens (including phenoxy) is 2. The van der Waals surface area contributed by atoms with Gasteiger partial charge in [-0.25, -0.2) is 9.18 Å². The van der Waals surface area contributed by atoms with Crippen molar-refractivity contribution in [2.75, 3.05) is 26.7 Å². The van der Waals surface area contributed by atoms with Gasteiger partial charge >= 0.3 is 6.03 Å². The molecule has 40 heavy (non-hydrogen) atoms. The van der Waals surface area contributed by atoms with Crippen LogP contribution in [0.15, 0.2) is 71.7 Å². The summed E-state index contributed by atoms with van der Waals surface area (Å²) in [6.07, 6.45) is -0.164. The number of nitrogens with one attached hydrogen (secondary N) is 1. The van der Waals surface area contributed by atoms with Gasteiger partial charge < -0.3 is 19.7 Å². The van der Waals surface area contributed by atoms with Gasteiger partial charge in [-0.15, -0.1) is 0 Å². The number of benzene rings is 3. The highest BCUT2D eigenvalue weighted by Crippen LogP contribution is 2.45. The molecule has 3 aromatic carbocycles. The first kappa shape index (κ1) is 27.5. The number of halogens is 2. The summed E-state index contributed by atoms with van der Waals surface area (Å²) >= 11 is 6.22. The van der Waals surface area contributed by atoms with Crippen LogP contribution >= 0.6 is 11.6 Å². The molecule has 3 amide bonds. The normalized spacial score (nSPS) is 18.9. The lowest BCUT2D eigenvalue weighted by Gasteiger charge is -2.36. The van der Waals surface area contributed by atoms with E-state index in [0.717, 1.165) is 11.1 Å². The van der Waals surface area contributed by atoms with Crippen molar-refractivity contribution >= 4 is 29.4 Å². The summed E-state index contributed by atoms with van der Waals surface area (Å²) < 4.78 is 25.5. The van der Waals surface area contributed by atoms with Crippen LogP contribution in [0.5, 0.6) is 11.5 Å². The van der Waals surface area contributed by atoms with Crippen molar-refractivity contribution < 1.29 is 23.5 Å². The summed E-state index contributed by atoms with van der Waals surface area (Å²) in [6, 6.07) is 17.1. The molecule has 8 nitrogen and oxygen atoms in total. The van der Waals surface area contributed by atoms with Crippen molar-refractivity contribution in [1.29, 1.82) is 0 Å². The lowest BCUT2D eigenvalue weighted by Crippen LogP contribution is -2.55. The van der Waals surface area contributed by atoms with Crippen LogP contribution in [0.2, 0.25) is 5.02 Å². The first-order valence-corrected chi connectivity index (χ1v) is 13.4. The van der Waals surface area contributed by atoms with Gasteiger partial charge in [0.15, 0.2) is 0 Å². The first-order valence-electron chi connectivity index (χ1n) is 13.0. The minimum atomic E-state index is -0.607. The number of amidine groups is 1. The molecule has 10 heteroatoms. The van der Waals surface area contributed by atoms with E-state index in [-0.39, 0.29) is 30.4 Å². The van der Waals surface area contributed by atoms with E-state index < -0.39 is 12.1 Å². The molecule has 2 aliphatic rings. The summed E-state index contributed by atoms with van der Waals surface area (Å²) in [4.78, 5) is 34.8. The summed E-state index contributed by atoms with van der Waals surface area (Å²) in [5.74, 6) is 0.862. The Labute approximate surface area is 237 Å². The van der Waals surface area contributed by atoms with Crippen molar-refractivity contribution in [3.8, 4) is 11.5 Å². The molecule has 0 aliphatic carbocycles. The van der Waals surface area contributed by atoms with Crippen molar-refractivity contribution in [2.45, 2.75) is 32.0 Å². The topological polar surface area (TPSA) is 83.5 Å². The summed E-state index contributed by atoms with van der Waals surface area (Å²) in [5, 5.41) is 3.32. The molecule has 1 N–H and O–H groups in total. The number of rotatable bonds is 6. The number of hydrogen-bond acceptors (Lipinski definition) is 5. The zero-order valence-corrected chi connectivity index (χ0v) is 23.2. The molecule has 0 unspecified atom stereocenters. The second kappa shape index (κ2) is 11.6.